The Morgan fingerprint density at radius 2 is 1.86 bits per heavy atom. The number of carbonyl (C=O) groups excluding carboxylic acids is 4. The number of hydrogen-bond acceptors (Lipinski definition) is 6. The Hall–Kier alpha value is -2.16. The van der Waals surface area contributed by atoms with Gasteiger partial charge in [0.1, 0.15) is 12.1 Å². The van der Waals surface area contributed by atoms with Crippen LogP contribution in [0.5, 0.6) is 0 Å². The molecular formula is C19H31N3O6. The van der Waals surface area contributed by atoms with Gasteiger partial charge in [0.25, 0.3) is 11.8 Å². The summed E-state index contributed by atoms with van der Waals surface area (Å²) in [6, 6.07) is -1.41. The molecule has 9 nitrogen and oxygen atoms in total. The molecule has 2 saturated heterocycles. The molecule has 2 aliphatic rings. The first-order valence-electron chi connectivity index (χ1n) is 9.97. The highest BCUT2D eigenvalue weighted by molar-refractivity contribution is 5.97. The maximum Gasteiger partial charge on any atom is 0.328 e. The monoisotopic (exact) mass is 397 g/mol. The van der Waals surface area contributed by atoms with Crippen LogP contribution >= 0.6 is 0 Å². The van der Waals surface area contributed by atoms with E-state index in [1.165, 1.54) is 12.0 Å². The van der Waals surface area contributed by atoms with Gasteiger partial charge in [0, 0.05) is 13.1 Å². The summed E-state index contributed by atoms with van der Waals surface area (Å²) >= 11 is 0. The van der Waals surface area contributed by atoms with Crippen molar-refractivity contribution in [2.45, 2.75) is 70.7 Å². The molecule has 0 aromatic heterocycles. The third-order valence-electron chi connectivity index (χ3n) is 5.34. The first-order valence-corrected chi connectivity index (χ1v) is 9.97. The van der Waals surface area contributed by atoms with E-state index in [0.29, 0.717) is 32.4 Å². The number of hydrogen-bond donors (Lipinski definition) is 2. The second kappa shape index (κ2) is 9.86. The number of ether oxygens (including phenoxy) is 2. The van der Waals surface area contributed by atoms with Crippen molar-refractivity contribution in [2.24, 2.45) is 5.92 Å². The van der Waals surface area contributed by atoms with Crippen LogP contribution in [-0.2, 0) is 28.7 Å². The molecule has 5 atom stereocenters. The van der Waals surface area contributed by atoms with E-state index in [2.05, 4.69) is 10.6 Å². The van der Waals surface area contributed by atoms with Gasteiger partial charge in [0.2, 0.25) is 5.91 Å². The van der Waals surface area contributed by atoms with Gasteiger partial charge in [-0.25, -0.2) is 4.79 Å². The second-order valence-electron chi connectivity index (χ2n) is 7.35. The van der Waals surface area contributed by atoms with Crippen molar-refractivity contribution in [1.29, 1.82) is 0 Å². The zero-order chi connectivity index (χ0) is 20.8. The number of methoxy groups -OCH3 is 1. The van der Waals surface area contributed by atoms with Crippen molar-refractivity contribution >= 4 is 23.7 Å². The lowest BCUT2D eigenvalue weighted by molar-refractivity contribution is -0.152. The molecule has 2 heterocycles. The molecule has 0 bridgehead atoms. The number of likely N-dealkylation sites (tertiary alicyclic amines) is 1. The summed E-state index contributed by atoms with van der Waals surface area (Å²) in [6.45, 7) is 6.69. The predicted octanol–water partition coefficient (Wildman–Crippen LogP) is -0.0251. The third kappa shape index (κ3) is 5.01. The van der Waals surface area contributed by atoms with Gasteiger partial charge in [0.15, 0.2) is 12.2 Å². The molecule has 2 aliphatic heterocycles. The van der Waals surface area contributed by atoms with Crippen LogP contribution in [0.2, 0.25) is 0 Å². The van der Waals surface area contributed by atoms with E-state index in [-0.39, 0.29) is 17.7 Å². The van der Waals surface area contributed by atoms with E-state index in [1.807, 2.05) is 20.8 Å². The van der Waals surface area contributed by atoms with E-state index < -0.39 is 36.2 Å². The molecule has 2 N–H and O–H groups in total. The number of epoxide rings is 1. The van der Waals surface area contributed by atoms with E-state index in [0.717, 1.165) is 6.42 Å². The smallest absolute Gasteiger partial charge is 0.328 e. The summed E-state index contributed by atoms with van der Waals surface area (Å²) in [4.78, 5) is 51.0. The van der Waals surface area contributed by atoms with Crippen LogP contribution in [0.25, 0.3) is 0 Å². The van der Waals surface area contributed by atoms with E-state index in [4.69, 9.17) is 9.47 Å². The lowest BCUT2D eigenvalue weighted by Gasteiger charge is -2.30. The van der Waals surface area contributed by atoms with Crippen LogP contribution < -0.4 is 10.6 Å². The number of esters is 1. The lowest BCUT2D eigenvalue weighted by atomic mass is 9.97. The number of nitrogens with zero attached hydrogens (tertiary/aromatic N) is 1. The molecule has 3 amide bonds. The van der Waals surface area contributed by atoms with Crippen LogP contribution in [0.4, 0.5) is 0 Å². The van der Waals surface area contributed by atoms with Crippen molar-refractivity contribution < 1.29 is 28.7 Å². The van der Waals surface area contributed by atoms with Gasteiger partial charge in [-0.1, -0.05) is 27.2 Å². The first kappa shape index (κ1) is 22.1. The van der Waals surface area contributed by atoms with Crippen molar-refractivity contribution in [3.63, 3.8) is 0 Å². The van der Waals surface area contributed by atoms with Crippen molar-refractivity contribution in [2.75, 3.05) is 20.2 Å². The van der Waals surface area contributed by atoms with E-state index in [9.17, 15) is 19.2 Å². The van der Waals surface area contributed by atoms with Gasteiger partial charge >= 0.3 is 5.97 Å². The van der Waals surface area contributed by atoms with Gasteiger partial charge in [-0.05, 0) is 25.2 Å². The second-order valence-corrected chi connectivity index (χ2v) is 7.35. The van der Waals surface area contributed by atoms with Crippen molar-refractivity contribution in [1.82, 2.24) is 15.5 Å². The van der Waals surface area contributed by atoms with Crippen LogP contribution in [0.15, 0.2) is 0 Å². The third-order valence-corrected chi connectivity index (χ3v) is 5.34. The summed E-state index contributed by atoms with van der Waals surface area (Å²) in [5, 5.41) is 5.43. The fraction of sp³-hybridized carbons (Fsp3) is 0.789. The predicted molar refractivity (Wildman–Crippen MR) is 100 cm³/mol. The van der Waals surface area contributed by atoms with Crippen molar-refractivity contribution in [3.8, 4) is 0 Å². The highest BCUT2D eigenvalue weighted by atomic mass is 16.6. The minimum atomic E-state index is -0.883. The highest BCUT2D eigenvalue weighted by Crippen LogP contribution is 2.25. The molecule has 2 fully saturated rings. The van der Waals surface area contributed by atoms with Gasteiger partial charge in [-0.15, -0.1) is 0 Å². The van der Waals surface area contributed by atoms with Gasteiger partial charge in [-0.3, -0.25) is 14.4 Å². The van der Waals surface area contributed by atoms with Crippen LogP contribution in [-0.4, -0.2) is 73.1 Å². The van der Waals surface area contributed by atoms with Gasteiger partial charge < -0.3 is 25.0 Å². The summed E-state index contributed by atoms with van der Waals surface area (Å²) in [7, 11) is 1.30. The Labute approximate surface area is 165 Å². The van der Waals surface area contributed by atoms with Gasteiger partial charge in [0.05, 0.1) is 7.11 Å². The summed E-state index contributed by atoms with van der Waals surface area (Å²) in [5.74, 6) is -1.69. The molecular weight excluding hydrogens is 366 g/mol. The SMILES string of the molecule is CCCNC(=O)[C@H]1O[C@@H]1C(=O)NC(C(=O)N1CCC[C@H]1C(=O)OC)C(C)CC. The number of amides is 3. The fourth-order valence-electron chi connectivity index (χ4n) is 3.37. The molecule has 0 radical (unpaired) electrons. The number of carbonyl (C=O) groups is 4. The van der Waals surface area contributed by atoms with Crippen LogP contribution in [0.1, 0.15) is 46.5 Å². The Morgan fingerprint density at radius 1 is 1.18 bits per heavy atom. The summed E-state index contributed by atoms with van der Waals surface area (Å²) < 4.78 is 10.0. The molecule has 0 spiro atoms. The maximum absolute atomic E-state index is 13.1. The van der Waals surface area contributed by atoms with E-state index >= 15 is 0 Å². The summed E-state index contributed by atoms with van der Waals surface area (Å²) in [6.07, 6.45) is 1.01. The molecule has 2 unspecified atom stereocenters. The Balaban J connectivity index is 2.02. The molecule has 158 valence electrons. The number of nitrogens with one attached hydrogen (secondary N) is 2. The zero-order valence-corrected chi connectivity index (χ0v) is 17.0. The minimum Gasteiger partial charge on any atom is -0.467 e. The minimum absolute atomic E-state index is 0.138. The average Bonchev–Trinajstić information content (AvgIpc) is 3.36. The largest absolute Gasteiger partial charge is 0.467 e. The highest BCUT2D eigenvalue weighted by Gasteiger charge is 2.51. The topological polar surface area (TPSA) is 117 Å². The molecule has 0 saturated carbocycles. The quantitative estimate of drug-likeness (QED) is 0.417. The standard InChI is InChI=1S/C19H31N3O6/c1-5-9-20-16(23)14-15(28-14)17(24)21-13(11(3)6-2)18(25)22-10-7-8-12(22)19(26)27-4/h11-15H,5-10H2,1-4H3,(H,20,23)(H,21,24)/t11?,12-,13?,14-,15-/m0/s1. The maximum atomic E-state index is 13.1. The first-order chi connectivity index (χ1) is 13.3. The molecule has 28 heavy (non-hydrogen) atoms. The zero-order valence-electron chi connectivity index (χ0n) is 17.0. The average molecular weight is 397 g/mol. The molecule has 0 aromatic carbocycles. The Morgan fingerprint density at radius 3 is 2.46 bits per heavy atom. The Bertz CT molecular complexity index is 610. The van der Waals surface area contributed by atoms with Crippen LogP contribution in [0, 0.1) is 5.92 Å². The van der Waals surface area contributed by atoms with Gasteiger partial charge in [-0.2, -0.15) is 0 Å². The fourth-order valence-corrected chi connectivity index (χ4v) is 3.37. The molecule has 0 aromatic rings. The number of rotatable bonds is 9. The van der Waals surface area contributed by atoms with Crippen molar-refractivity contribution in [3.05, 3.63) is 0 Å². The normalized spacial score (nSPS) is 25.6. The lowest BCUT2D eigenvalue weighted by Crippen LogP contribution is -2.55. The molecule has 0 aliphatic carbocycles. The summed E-state index contributed by atoms with van der Waals surface area (Å²) in [5.41, 5.74) is 0. The molecule has 9 heteroatoms. The molecule has 2 rings (SSSR count). The van der Waals surface area contributed by atoms with Crippen LogP contribution in [0.3, 0.4) is 0 Å². The van der Waals surface area contributed by atoms with E-state index in [1.54, 1.807) is 0 Å². The Kier molecular flexibility index (Phi) is 7.79.